The molecule has 0 bridgehead atoms. The van der Waals surface area contributed by atoms with Crippen LogP contribution < -0.4 is 0 Å². The van der Waals surface area contributed by atoms with Crippen molar-refractivity contribution in [3.05, 3.63) is 23.5 Å². The molecule has 1 saturated heterocycles. The molecule has 0 radical (unpaired) electrons. The van der Waals surface area contributed by atoms with Gasteiger partial charge in [0.25, 0.3) is 0 Å². The minimum atomic E-state index is 0.0365. The van der Waals surface area contributed by atoms with Crippen LogP contribution in [0, 0.1) is 11.3 Å². The number of rotatable bonds is 3. The first kappa shape index (κ1) is 18.1. The number of hydrogen-bond acceptors (Lipinski definition) is 2. The summed E-state index contributed by atoms with van der Waals surface area (Å²) in [5.41, 5.74) is 1.22. The predicted octanol–water partition coefficient (Wildman–Crippen LogP) is 4.99. The molecular weight excluding hydrogens is 286 g/mol. The van der Waals surface area contributed by atoms with Crippen LogP contribution >= 0.6 is 0 Å². The van der Waals surface area contributed by atoms with Gasteiger partial charge in [-0.05, 0) is 35.8 Å². The molecule has 2 aliphatic rings. The van der Waals surface area contributed by atoms with Crippen molar-refractivity contribution in [2.45, 2.75) is 72.1 Å². The maximum atomic E-state index is 12.2. The molecule has 0 unspecified atom stereocenters. The number of likely N-dealkylation sites (tertiary alicyclic amines) is 1. The van der Waals surface area contributed by atoms with Crippen molar-refractivity contribution in [3.8, 4) is 0 Å². The van der Waals surface area contributed by atoms with Gasteiger partial charge < -0.3 is 10.0 Å². The molecule has 1 N–H and O–H groups in total. The minimum Gasteiger partial charge on any atom is -0.512 e. The van der Waals surface area contributed by atoms with Crippen LogP contribution in [0.4, 0.5) is 0 Å². The summed E-state index contributed by atoms with van der Waals surface area (Å²) in [6.45, 7) is 7.75. The molecule has 130 valence electrons. The summed E-state index contributed by atoms with van der Waals surface area (Å²) in [4.78, 5) is 14.1. The Kier molecular flexibility index (Phi) is 6.32. The lowest BCUT2D eigenvalue weighted by Gasteiger charge is -2.29. The number of hydrogen-bond donors (Lipinski definition) is 1. The van der Waals surface area contributed by atoms with Crippen LogP contribution in [0.1, 0.15) is 72.1 Å². The fourth-order valence-corrected chi connectivity index (χ4v) is 3.52. The quantitative estimate of drug-likeness (QED) is 0.588. The molecule has 23 heavy (non-hydrogen) atoms. The average molecular weight is 319 g/mol. The molecule has 2 rings (SSSR count). The summed E-state index contributed by atoms with van der Waals surface area (Å²) >= 11 is 0. The van der Waals surface area contributed by atoms with Crippen LogP contribution in [0.5, 0.6) is 0 Å². The van der Waals surface area contributed by atoms with E-state index < -0.39 is 0 Å². The summed E-state index contributed by atoms with van der Waals surface area (Å²) in [6.07, 6.45) is 12.7. The van der Waals surface area contributed by atoms with Crippen LogP contribution in [0.2, 0.25) is 0 Å². The first-order chi connectivity index (χ1) is 10.8. The van der Waals surface area contributed by atoms with Gasteiger partial charge in [-0.15, -0.1) is 0 Å². The van der Waals surface area contributed by atoms with Gasteiger partial charge in [-0.25, -0.2) is 0 Å². The molecule has 0 aromatic heterocycles. The van der Waals surface area contributed by atoms with Crippen molar-refractivity contribution in [2.75, 3.05) is 13.1 Å². The Balaban J connectivity index is 1.83. The summed E-state index contributed by atoms with van der Waals surface area (Å²) in [5, 5.41) is 10.4. The largest absolute Gasteiger partial charge is 0.512 e. The standard InChI is InChI=1S/C20H33NO2/c1-20(2,3)12-9-19(23)21-13-10-17(11-14-21)18(22)15-16-7-5-4-6-8-16/h9,12,16,22H,4-8,10-11,13-15H2,1-3H3/b12-9-. The number of allylic oxidation sites excluding steroid dienone is 2. The minimum absolute atomic E-state index is 0.0365. The molecular formula is C20H33NO2. The maximum Gasteiger partial charge on any atom is 0.246 e. The van der Waals surface area contributed by atoms with Gasteiger partial charge in [0.05, 0.1) is 5.76 Å². The fourth-order valence-electron chi connectivity index (χ4n) is 3.52. The van der Waals surface area contributed by atoms with Gasteiger partial charge in [-0.2, -0.15) is 0 Å². The van der Waals surface area contributed by atoms with Crippen LogP contribution in [0.15, 0.2) is 23.5 Å². The van der Waals surface area contributed by atoms with E-state index in [2.05, 4.69) is 20.8 Å². The van der Waals surface area contributed by atoms with Crippen molar-refractivity contribution in [1.82, 2.24) is 4.90 Å². The Morgan fingerprint density at radius 2 is 1.78 bits per heavy atom. The highest BCUT2D eigenvalue weighted by atomic mass is 16.3. The third-order valence-electron chi connectivity index (χ3n) is 5.02. The monoisotopic (exact) mass is 319 g/mol. The highest BCUT2D eigenvalue weighted by Gasteiger charge is 2.22. The lowest BCUT2D eigenvalue weighted by atomic mass is 9.85. The Hall–Kier alpha value is -1.25. The van der Waals surface area contributed by atoms with E-state index in [4.69, 9.17) is 0 Å². The van der Waals surface area contributed by atoms with Gasteiger partial charge >= 0.3 is 0 Å². The highest BCUT2D eigenvalue weighted by molar-refractivity contribution is 5.87. The van der Waals surface area contributed by atoms with E-state index in [9.17, 15) is 9.90 Å². The zero-order valence-electron chi connectivity index (χ0n) is 15.1. The molecule has 1 aliphatic heterocycles. The fraction of sp³-hybridized carbons (Fsp3) is 0.750. The number of carbonyl (C=O) groups excluding carboxylic acids is 1. The Labute approximate surface area is 141 Å². The first-order valence-corrected chi connectivity index (χ1v) is 9.23. The van der Waals surface area contributed by atoms with Crippen molar-refractivity contribution >= 4 is 5.91 Å². The summed E-state index contributed by atoms with van der Waals surface area (Å²) in [6, 6.07) is 0. The molecule has 0 spiro atoms. The molecule has 1 amide bonds. The van der Waals surface area contributed by atoms with Crippen LogP contribution in [-0.2, 0) is 4.79 Å². The molecule has 1 aliphatic carbocycles. The van der Waals surface area contributed by atoms with Crippen molar-refractivity contribution in [2.24, 2.45) is 11.3 Å². The van der Waals surface area contributed by atoms with E-state index >= 15 is 0 Å². The van der Waals surface area contributed by atoms with Crippen molar-refractivity contribution in [3.63, 3.8) is 0 Å². The summed E-state index contributed by atoms with van der Waals surface area (Å²) in [5.74, 6) is 1.39. The van der Waals surface area contributed by atoms with Crippen LogP contribution in [0.3, 0.4) is 0 Å². The third kappa shape index (κ3) is 6.04. The first-order valence-electron chi connectivity index (χ1n) is 9.23. The number of carbonyl (C=O) groups is 1. The lowest BCUT2D eigenvalue weighted by molar-refractivity contribution is -0.126. The molecule has 1 saturated carbocycles. The van der Waals surface area contributed by atoms with E-state index in [1.165, 1.54) is 37.7 Å². The summed E-state index contributed by atoms with van der Waals surface area (Å²) < 4.78 is 0. The van der Waals surface area contributed by atoms with Gasteiger partial charge in [0.2, 0.25) is 5.91 Å². The normalized spacial score (nSPS) is 21.0. The van der Waals surface area contributed by atoms with Crippen molar-refractivity contribution < 1.29 is 9.90 Å². The number of amides is 1. The Bertz CT molecular complexity index is 455. The van der Waals surface area contributed by atoms with E-state index in [-0.39, 0.29) is 11.3 Å². The van der Waals surface area contributed by atoms with Crippen LogP contribution in [-0.4, -0.2) is 29.0 Å². The molecule has 0 aromatic rings. The zero-order chi connectivity index (χ0) is 16.9. The number of nitrogens with zero attached hydrogens (tertiary/aromatic N) is 1. The maximum absolute atomic E-state index is 12.2. The van der Waals surface area contributed by atoms with Gasteiger partial charge in [0.1, 0.15) is 0 Å². The Morgan fingerprint density at radius 1 is 1.17 bits per heavy atom. The second-order valence-corrected chi connectivity index (χ2v) is 8.28. The predicted molar refractivity (Wildman–Crippen MR) is 95.3 cm³/mol. The Morgan fingerprint density at radius 3 is 2.35 bits per heavy atom. The van der Waals surface area contributed by atoms with E-state index in [1.54, 1.807) is 6.08 Å². The van der Waals surface area contributed by atoms with Crippen molar-refractivity contribution in [1.29, 1.82) is 0 Å². The van der Waals surface area contributed by atoms with Gasteiger partial charge in [0, 0.05) is 19.5 Å². The van der Waals surface area contributed by atoms with Crippen LogP contribution in [0.25, 0.3) is 0 Å². The van der Waals surface area contributed by atoms with E-state index in [0.29, 0.717) is 11.7 Å². The number of piperidine rings is 1. The topological polar surface area (TPSA) is 40.5 Å². The summed E-state index contributed by atoms with van der Waals surface area (Å²) in [7, 11) is 0. The van der Waals surface area contributed by atoms with Gasteiger partial charge in [-0.3, -0.25) is 4.79 Å². The molecule has 1 heterocycles. The average Bonchev–Trinajstić information content (AvgIpc) is 2.53. The van der Waals surface area contributed by atoms with Gasteiger partial charge in [-0.1, -0.05) is 59.0 Å². The number of aliphatic hydroxyl groups is 1. The van der Waals surface area contributed by atoms with E-state index in [0.717, 1.165) is 32.4 Å². The SMILES string of the molecule is CC(C)(C)/C=C\C(=O)N1CCC(=C(O)CC2CCCCC2)CC1. The zero-order valence-corrected chi connectivity index (χ0v) is 15.1. The molecule has 2 fully saturated rings. The second-order valence-electron chi connectivity index (χ2n) is 8.28. The molecule has 0 aromatic carbocycles. The lowest BCUT2D eigenvalue weighted by Crippen LogP contribution is -2.35. The third-order valence-corrected chi connectivity index (χ3v) is 5.02. The highest BCUT2D eigenvalue weighted by Crippen LogP contribution is 2.31. The number of aliphatic hydroxyl groups excluding tert-OH is 1. The molecule has 3 heteroatoms. The second kappa shape index (κ2) is 8.03. The van der Waals surface area contributed by atoms with E-state index in [1.807, 2.05) is 11.0 Å². The smallest absolute Gasteiger partial charge is 0.246 e. The molecule has 0 atom stereocenters. The molecule has 3 nitrogen and oxygen atoms in total. The van der Waals surface area contributed by atoms with Gasteiger partial charge in [0.15, 0.2) is 0 Å².